The molecule has 20 heavy (non-hydrogen) atoms. The highest BCUT2D eigenvalue weighted by atomic mass is 35.5. The standard InChI is InChI=1S/C13H20ClN3O2S/c1-2-15-9-11-8-13(16-10-12(11)14)17-4-3-6-20(18,19)7-5-17/h8,10,15H,2-7,9H2,1H3. The van der Waals surface area contributed by atoms with Crippen LogP contribution in [0.15, 0.2) is 12.3 Å². The monoisotopic (exact) mass is 317 g/mol. The van der Waals surface area contributed by atoms with E-state index in [-0.39, 0.29) is 11.5 Å². The Kier molecular flexibility index (Phi) is 5.23. The molecule has 2 heterocycles. The Morgan fingerprint density at radius 1 is 1.40 bits per heavy atom. The van der Waals surface area contributed by atoms with Crippen molar-refractivity contribution < 1.29 is 8.42 Å². The lowest BCUT2D eigenvalue weighted by Crippen LogP contribution is -2.27. The average Bonchev–Trinajstić information content (AvgIpc) is 2.59. The SMILES string of the molecule is CCNCc1cc(N2CCCS(=O)(=O)CC2)ncc1Cl. The van der Waals surface area contributed by atoms with Crippen molar-refractivity contribution in [2.24, 2.45) is 0 Å². The van der Waals surface area contributed by atoms with E-state index in [4.69, 9.17) is 11.6 Å². The minimum atomic E-state index is -2.90. The van der Waals surface area contributed by atoms with Crippen molar-refractivity contribution in [3.8, 4) is 0 Å². The van der Waals surface area contributed by atoms with E-state index in [1.165, 1.54) is 0 Å². The molecule has 1 aliphatic heterocycles. The van der Waals surface area contributed by atoms with Crippen molar-refractivity contribution in [1.29, 1.82) is 0 Å². The predicted molar refractivity (Wildman–Crippen MR) is 82.1 cm³/mol. The third kappa shape index (κ3) is 4.07. The van der Waals surface area contributed by atoms with Crippen LogP contribution in [0.1, 0.15) is 18.9 Å². The number of nitrogens with one attached hydrogen (secondary N) is 1. The first kappa shape index (κ1) is 15.5. The van der Waals surface area contributed by atoms with E-state index in [2.05, 4.69) is 10.3 Å². The summed E-state index contributed by atoms with van der Waals surface area (Å²) in [6.45, 7) is 4.81. The van der Waals surface area contributed by atoms with Crippen molar-refractivity contribution in [1.82, 2.24) is 10.3 Å². The molecule has 0 radical (unpaired) electrons. The van der Waals surface area contributed by atoms with Gasteiger partial charge in [-0.2, -0.15) is 0 Å². The molecule has 1 saturated heterocycles. The first-order valence-corrected chi connectivity index (χ1v) is 9.02. The summed E-state index contributed by atoms with van der Waals surface area (Å²) in [6, 6.07) is 1.95. The average molecular weight is 318 g/mol. The van der Waals surface area contributed by atoms with Crippen molar-refractivity contribution in [3.05, 3.63) is 22.8 Å². The van der Waals surface area contributed by atoms with E-state index in [0.29, 0.717) is 31.1 Å². The minimum absolute atomic E-state index is 0.194. The van der Waals surface area contributed by atoms with Crippen LogP contribution in [0.2, 0.25) is 5.02 Å². The van der Waals surface area contributed by atoms with Gasteiger partial charge in [-0.05, 0) is 24.6 Å². The van der Waals surface area contributed by atoms with E-state index in [0.717, 1.165) is 17.9 Å². The summed E-state index contributed by atoms with van der Waals surface area (Å²) in [5.41, 5.74) is 0.991. The Bertz CT molecular complexity index is 563. The normalized spacial score (nSPS) is 18.8. The number of sulfone groups is 1. The second kappa shape index (κ2) is 6.74. The second-order valence-corrected chi connectivity index (χ2v) is 7.62. The fourth-order valence-electron chi connectivity index (χ4n) is 2.20. The van der Waals surface area contributed by atoms with Crippen LogP contribution in [0.5, 0.6) is 0 Å². The van der Waals surface area contributed by atoms with Gasteiger partial charge in [0.2, 0.25) is 0 Å². The lowest BCUT2D eigenvalue weighted by Gasteiger charge is -2.21. The van der Waals surface area contributed by atoms with Crippen LogP contribution < -0.4 is 10.2 Å². The molecule has 112 valence electrons. The van der Waals surface area contributed by atoms with Gasteiger partial charge >= 0.3 is 0 Å². The number of hydrogen-bond acceptors (Lipinski definition) is 5. The van der Waals surface area contributed by atoms with Crippen LogP contribution >= 0.6 is 11.6 Å². The molecule has 7 heteroatoms. The molecule has 1 aromatic rings. The highest BCUT2D eigenvalue weighted by Gasteiger charge is 2.20. The smallest absolute Gasteiger partial charge is 0.152 e. The largest absolute Gasteiger partial charge is 0.356 e. The van der Waals surface area contributed by atoms with Crippen molar-refractivity contribution in [2.75, 3.05) is 36.0 Å². The van der Waals surface area contributed by atoms with Crippen LogP contribution in [-0.2, 0) is 16.4 Å². The molecule has 0 spiro atoms. The quantitative estimate of drug-likeness (QED) is 0.911. The zero-order valence-electron chi connectivity index (χ0n) is 11.6. The molecular weight excluding hydrogens is 298 g/mol. The molecular formula is C13H20ClN3O2S. The van der Waals surface area contributed by atoms with Crippen LogP contribution in [0.3, 0.4) is 0 Å². The highest BCUT2D eigenvalue weighted by Crippen LogP contribution is 2.21. The van der Waals surface area contributed by atoms with E-state index in [1.54, 1.807) is 6.20 Å². The maximum atomic E-state index is 11.6. The molecule has 0 bridgehead atoms. The van der Waals surface area contributed by atoms with Crippen molar-refractivity contribution >= 4 is 27.3 Å². The van der Waals surface area contributed by atoms with E-state index >= 15 is 0 Å². The Labute approximate surface area is 125 Å². The number of hydrogen-bond donors (Lipinski definition) is 1. The van der Waals surface area contributed by atoms with Gasteiger partial charge in [0, 0.05) is 25.8 Å². The molecule has 1 aromatic heterocycles. The number of pyridine rings is 1. The summed E-state index contributed by atoms with van der Waals surface area (Å²) in [5.74, 6) is 1.26. The summed E-state index contributed by atoms with van der Waals surface area (Å²) in [4.78, 5) is 6.36. The fraction of sp³-hybridized carbons (Fsp3) is 0.615. The van der Waals surface area contributed by atoms with E-state index < -0.39 is 9.84 Å². The van der Waals surface area contributed by atoms with Crippen LogP contribution in [0.4, 0.5) is 5.82 Å². The van der Waals surface area contributed by atoms with Crippen molar-refractivity contribution in [3.63, 3.8) is 0 Å². The van der Waals surface area contributed by atoms with Crippen molar-refractivity contribution in [2.45, 2.75) is 19.9 Å². The van der Waals surface area contributed by atoms with Crippen LogP contribution in [-0.4, -0.2) is 44.5 Å². The number of halogens is 1. The lowest BCUT2D eigenvalue weighted by atomic mass is 10.2. The Balaban J connectivity index is 2.15. The lowest BCUT2D eigenvalue weighted by molar-refractivity contribution is 0.597. The van der Waals surface area contributed by atoms with Gasteiger partial charge in [0.25, 0.3) is 0 Å². The summed E-state index contributed by atoms with van der Waals surface area (Å²) >= 11 is 6.13. The van der Waals surface area contributed by atoms with Gasteiger partial charge < -0.3 is 10.2 Å². The second-order valence-electron chi connectivity index (χ2n) is 4.91. The molecule has 5 nitrogen and oxygen atoms in total. The molecule has 0 unspecified atom stereocenters. The minimum Gasteiger partial charge on any atom is -0.356 e. The van der Waals surface area contributed by atoms with Gasteiger partial charge in [-0.15, -0.1) is 0 Å². The van der Waals surface area contributed by atoms with Gasteiger partial charge in [0.1, 0.15) is 5.82 Å². The van der Waals surface area contributed by atoms with E-state index in [9.17, 15) is 8.42 Å². The number of nitrogens with zero attached hydrogens (tertiary/aromatic N) is 2. The topological polar surface area (TPSA) is 62.3 Å². The zero-order valence-corrected chi connectivity index (χ0v) is 13.2. The maximum absolute atomic E-state index is 11.6. The summed E-state index contributed by atoms with van der Waals surface area (Å²) in [5, 5.41) is 3.87. The molecule has 0 amide bonds. The van der Waals surface area contributed by atoms with Gasteiger partial charge in [-0.3, -0.25) is 0 Å². The zero-order chi connectivity index (χ0) is 14.6. The Hall–Kier alpha value is -0.850. The molecule has 1 aliphatic rings. The summed E-state index contributed by atoms with van der Waals surface area (Å²) in [6.07, 6.45) is 2.29. The molecule has 0 atom stereocenters. The van der Waals surface area contributed by atoms with Crippen LogP contribution in [0.25, 0.3) is 0 Å². The molecule has 0 aromatic carbocycles. The third-order valence-electron chi connectivity index (χ3n) is 3.37. The van der Waals surface area contributed by atoms with E-state index in [1.807, 2.05) is 17.9 Å². The first-order chi connectivity index (χ1) is 9.52. The van der Waals surface area contributed by atoms with Gasteiger partial charge in [-0.1, -0.05) is 18.5 Å². The molecule has 0 aliphatic carbocycles. The summed E-state index contributed by atoms with van der Waals surface area (Å²) < 4.78 is 23.3. The van der Waals surface area contributed by atoms with Crippen LogP contribution in [0, 0.1) is 0 Å². The highest BCUT2D eigenvalue weighted by molar-refractivity contribution is 7.91. The molecule has 0 saturated carbocycles. The fourth-order valence-corrected chi connectivity index (χ4v) is 3.65. The van der Waals surface area contributed by atoms with Gasteiger partial charge in [0.15, 0.2) is 9.84 Å². The van der Waals surface area contributed by atoms with Gasteiger partial charge in [-0.25, -0.2) is 13.4 Å². The predicted octanol–water partition coefficient (Wildman–Crippen LogP) is 1.47. The first-order valence-electron chi connectivity index (χ1n) is 6.82. The third-order valence-corrected chi connectivity index (χ3v) is 5.42. The number of anilines is 1. The molecule has 2 rings (SSSR count). The number of rotatable bonds is 4. The maximum Gasteiger partial charge on any atom is 0.152 e. The Morgan fingerprint density at radius 2 is 2.20 bits per heavy atom. The molecule has 1 N–H and O–H groups in total. The Morgan fingerprint density at radius 3 is 2.95 bits per heavy atom. The van der Waals surface area contributed by atoms with Gasteiger partial charge in [0.05, 0.1) is 16.5 Å². The summed E-state index contributed by atoms with van der Waals surface area (Å²) in [7, 11) is -2.90. The molecule has 1 fully saturated rings. The number of aromatic nitrogens is 1.